The second kappa shape index (κ2) is 6.08. The van der Waals surface area contributed by atoms with Gasteiger partial charge in [-0.05, 0) is 18.8 Å². The van der Waals surface area contributed by atoms with Gasteiger partial charge in [-0.15, -0.1) is 5.10 Å². The third kappa shape index (κ3) is 3.07. The summed E-state index contributed by atoms with van der Waals surface area (Å²) in [4.78, 5) is 17.1. The summed E-state index contributed by atoms with van der Waals surface area (Å²) in [7, 11) is 0. The second-order valence-corrected chi connectivity index (χ2v) is 8.80. The zero-order valence-electron chi connectivity index (χ0n) is 15.2. The third-order valence-corrected chi connectivity index (χ3v) is 5.68. The molecule has 1 aliphatic rings. The van der Waals surface area contributed by atoms with Crippen LogP contribution in [-0.4, -0.2) is 36.8 Å². The maximum atomic E-state index is 11.5. The van der Waals surface area contributed by atoms with E-state index in [0.29, 0.717) is 11.5 Å². The highest BCUT2D eigenvalue weighted by Gasteiger charge is 2.25. The number of nitrogens with two attached hydrogens (primary N) is 1. The number of aromatic nitrogens is 5. The van der Waals surface area contributed by atoms with E-state index >= 15 is 0 Å². The highest BCUT2D eigenvalue weighted by atomic mass is 32.1. The predicted octanol–water partition coefficient (Wildman–Crippen LogP) is 2.06. The second-order valence-electron chi connectivity index (χ2n) is 7.84. The summed E-state index contributed by atoms with van der Waals surface area (Å²) in [6.07, 6.45) is 5.38. The van der Waals surface area contributed by atoms with E-state index in [1.807, 2.05) is 15.4 Å². The number of carbonyl (C=O) groups excluding carboxylic acids is 1. The number of aryl methyl sites for hydroxylation is 1. The van der Waals surface area contributed by atoms with Crippen LogP contribution in [0.1, 0.15) is 48.9 Å². The molecule has 0 saturated carbocycles. The molecule has 1 aliphatic heterocycles. The molecule has 4 heterocycles. The van der Waals surface area contributed by atoms with Crippen molar-refractivity contribution in [3.05, 3.63) is 29.3 Å². The van der Waals surface area contributed by atoms with Crippen molar-refractivity contribution < 1.29 is 4.79 Å². The average Bonchev–Trinajstić information content (AvgIpc) is 3.23. The summed E-state index contributed by atoms with van der Waals surface area (Å²) in [5, 5.41) is 13.1. The number of fused-ring (bicyclic) bond motifs is 2. The third-order valence-electron chi connectivity index (χ3n) is 4.80. The van der Waals surface area contributed by atoms with Gasteiger partial charge in [-0.3, -0.25) is 9.48 Å². The van der Waals surface area contributed by atoms with E-state index in [4.69, 9.17) is 5.73 Å². The van der Waals surface area contributed by atoms with Gasteiger partial charge in [0.2, 0.25) is 10.1 Å². The van der Waals surface area contributed by atoms with Crippen LogP contribution in [0.2, 0.25) is 0 Å². The van der Waals surface area contributed by atoms with E-state index in [1.54, 1.807) is 17.5 Å². The molecule has 1 amide bonds. The molecule has 9 heteroatoms. The van der Waals surface area contributed by atoms with Crippen LogP contribution in [0.4, 0.5) is 5.13 Å². The molecule has 1 atom stereocenters. The van der Waals surface area contributed by atoms with Gasteiger partial charge in [0, 0.05) is 18.5 Å². The van der Waals surface area contributed by atoms with Crippen LogP contribution in [0, 0.1) is 5.92 Å². The first-order valence-corrected chi connectivity index (χ1v) is 9.58. The Morgan fingerprint density at radius 3 is 2.96 bits per heavy atom. The van der Waals surface area contributed by atoms with Crippen LogP contribution in [0.5, 0.6) is 0 Å². The summed E-state index contributed by atoms with van der Waals surface area (Å²) in [6, 6.07) is 0. The molecule has 8 nitrogen and oxygen atoms in total. The lowest BCUT2D eigenvalue weighted by Gasteiger charge is -2.23. The number of hydrogen-bond donors (Lipinski definition) is 2. The van der Waals surface area contributed by atoms with Crippen molar-refractivity contribution in [3.63, 3.8) is 0 Å². The van der Waals surface area contributed by atoms with E-state index in [0.717, 1.165) is 47.4 Å². The van der Waals surface area contributed by atoms with Gasteiger partial charge in [-0.2, -0.15) is 5.10 Å². The molecule has 4 rings (SSSR count). The molecule has 3 N–H and O–H groups in total. The lowest BCUT2D eigenvalue weighted by atomic mass is 9.93. The fourth-order valence-electron chi connectivity index (χ4n) is 3.24. The van der Waals surface area contributed by atoms with Crippen molar-refractivity contribution in [1.29, 1.82) is 0 Å². The van der Waals surface area contributed by atoms with E-state index < -0.39 is 5.91 Å². The Hall–Kier alpha value is -2.42. The fraction of sp³-hybridized carbons (Fsp3) is 0.529. The first-order valence-electron chi connectivity index (χ1n) is 8.76. The molecule has 0 bridgehead atoms. The number of carbonyl (C=O) groups is 1. The number of amides is 1. The fourth-order valence-corrected chi connectivity index (χ4v) is 4.03. The number of hydrogen-bond acceptors (Lipinski definition) is 6. The number of rotatable bonds is 4. The van der Waals surface area contributed by atoms with Gasteiger partial charge >= 0.3 is 0 Å². The van der Waals surface area contributed by atoms with Crippen LogP contribution in [-0.2, 0) is 18.4 Å². The Balaban J connectivity index is 1.43. The topological polar surface area (TPSA) is 103 Å². The van der Waals surface area contributed by atoms with Gasteiger partial charge in [0.15, 0.2) is 0 Å². The van der Waals surface area contributed by atoms with Gasteiger partial charge in [-0.25, -0.2) is 9.50 Å². The first-order chi connectivity index (χ1) is 12.3. The Labute approximate surface area is 155 Å². The molecule has 0 spiro atoms. The average molecular weight is 373 g/mol. The van der Waals surface area contributed by atoms with Crippen molar-refractivity contribution >= 4 is 27.3 Å². The Morgan fingerprint density at radius 1 is 1.46 bits per heavy atom. The van der Waals surface area contributed by atoms with Crippen LogP contribution in [0.25, 0.3) is 4.96 Å². The summed E-state index contributed by atoms with van der Waals surface area (Å²) in [6.45, 7) is 8.05. The van der Waals surface area contributed by atoms with Crippen LogP contribution < -0.4 is 11.1 Å². The molecule has 0 unspecified atom stereocenters. The SMILES string of the molecule is CC(C)(C)c1cn2nc(NC[C@H]3CCn4ncc(C(N)=O)c4C3)sc2n1. The molecule has 138 valence electrons. The molecule has 3 aromatic rings. The van der Waals surface area contributed by atoms with Gasteiger partial charge in [0.1, 0.15) is 0 Å². The normalized spacial score (nSPS) is 17.4. The smallest absolute Gasteiger partial charge is 0.252 e. The van der Waals surface area contributed by atoms with E-state index in [1.165, 1.54) is 0 Å². The quantitative estimate of drug-likeness (QED) is 0.729. The monoisotopic (exact) mass is 373 g/mol. The molecule has 0 aromatic carbocycles. The molecule has 0 aliphatic carbocycles. The lowest BCUT2D eigenvalue weighted by molar-refractivity contribution is 0.0998. The highest BCUT2D eigenvalue weighted by Crippen LogP contribution is 2.27. The van der Waals surface area contributed by atoms with Crippen molar-refractivity contribution in [2.75, 3.05) is 11.9 Å². The van der Waals surface area contributed by atoms with Gasteiger partial charge in [0.05, 0.1) is 29.3 Å². The molecule has 0 saturated heterocycles. The molecule has 3 aromatic heterocycles. The highest BCUT2D eigenvalue weighted by molar-refractivity contribution is 7.20. The summed E-state index contributed by atoms with van der Waals surface area (Å²) in [5.41, 5.74) is 7.99. The lowest BCUT2D eigenvalue weighted by Crippen LogP contribution is -2.27. The minimum Gasteiger partial charge on any atom is -0.365 e. The number of nitrogens with zero attached hydrogens (tertiary/aromatic N) is 5. The van der Waals surface area contributed by atoms with E-state index in [9.17, 15) is 4.79 Å². The van der Waals surface area contributed by atoms with Crippen molar-refractivity contribution in [3.8, 4) is 0 Å². The Kier molecular flexibility index (Phi) is 3.98. The molecule has 0 radical (unpaired) electrons. The van der Waals surface area contributed by atoms with Crippen molar-refractivity contribution in [2.24, 2.45) is 11.7 Å². The zero-order valence-corrected chi connectivity index (χ0v) is 16.0. The zero-order chi connectivity index (χ0) is 18.5. The van der Waals surface area contributed by atoms with Crippen LogP contribution in [0.3, 0.4) is 0 Å². The molecule has 0 fully saturated rings. The maximum Gasteiger partial charge on any atom is 0.252 e. The maximum absolute atomic E-state index is 11.5. The molecular formula is C17H23N7OS. The number of anilines is 1. The Bertz CT molecular complexity index is 930. The van der Waals surface area contributed by atoms with Gasteiger partial charge < -0.3 is 11.1 Å². The van der Waals surface area contributed by atoms with Crippen LogP contribution >= 0.6 is 11.3 Å². The summed E-state index contributed by atoms with van der Waals surface area (Å²) in [5.74, 6) is 0.00863. The van der Waals surface area contributed by atoms with E-state index in [-0.39, 0.29) is 5.41 Å². The van der Waals surface area contributed by atoms with Gasteiger partial charge in [0.25, 0.3) is 5.91 Å². The number of nitrogens with one attached hydrogen (secondary N) is 1. The molecule has 26 heavy (non-hydrogen) atoms. The summed E-state index contributed by atoms with van der Waals surface area (Å²) < 4.78 is 3.73. The predicted molar refractivity (Wildman–Crippen MR) is 101 cm³/mol. The van der Waals surface area contributed by atoms with Crippen LogP contribution in [0.15, 0.2) is 12.4 Å². The minimum absolute atomic E-state index is 0.0180. The minimum atomic E-state index is -0.407. The summed E-state index contributed by atoms with van der Waals surface area (Å²) >= 11 is 1.56. The largest absolute Gasteiger partial charge is 0.365 e. The van der Waals surface area contributed by atoms with Crippen molar-refractivity contribution in [2.45, 2.75) is 45.6 Å². The number of imidazole rings is 1. The molecular weight excluding hydrogens is 350 g/mol. The van der Waals surface area contributed by atoms with Gasteiger partial charge in [-0.1, -0.05) is 32.1 Å². The Morgan fingerprint density at radius 2 is 2.27 bits per heavy atom. The standard InChI is InChI=1S/C17H23N7OS/c1-17(2,3)13-9-24-16(21-13)26-15(22-24)19-7-10-4-5-23-12(6-10)11(8-20-23)14(18)25/h8-10H,4-7H2,1-3H3,(H2,18,25)(H,19,22)/t10-/m0/s1. The van der Waals surface area contributed by atoms with Crippen molar-refractivity contribution in [1.82, 2.24) is 24.4 Å². The first kappa shape index (κ1) is 17.0. The number of primary amides is 1. The van der Waals surface area contributed by atoms with E-state index in [2.05, 4.69) is 41.3 Å².